The van der Waals surface area contributed by atoms with Gasteiger partial charge in [0.1, 0.15) is 0 Å². The third-order valence-corrected chi connectivity index (χ3v) is 8.32. The van der Waals surface area contributed by atoms with Gasteiger partial charge in [0.25, 0.3) is 0 Å². The molecule has 0 radical (unpaired) electrons. The van der Waals surface area contributed by atoms with Crippen molar-refractivity contribution in [1.82, 2.24) is 14.1 Å². The van der Waals surface area contributed by atoms with Crippen LogP contribution < -0.4 is 0 Å². The minimum atomic E-state index is -3.53. The van der Waals surface area contributed by atoms with Gasteiger partial charge in [0, 0.05) is 45.8 Å². The zero-order valence-electron chi connectivity index (χ0n) is 15.9. The van der Waals surface area contributed by atoms with Gasteiger partial charge in [-0.3, -0.25) is 4.90 Å². The molecule has 0 bridgehead atoms. The van der Waals surface area contributed by atoms with Crippen LogP contribution in [0.25, 0.3) is 0 Å². The summed E-state index contributed by atoms with van der Waals surface area (Å²) in [6.45, 7) is 5.62. The summed E-state index contributed by atoms with van der Waals surface area (Å²) in [5.74, 6) is 0.861. The molecule has 27 heavy (non-hydrogen) atoms. The normalized spacial score (nSPS) is 29.5. The summed E-state index contributed by atoms with van der Waals surface area (Å²) in [5.41, 5.74) is 0. The first-order valence-corrected chi connectivity index (χ1v) is 11.7. The smallest absolute Gasteiger partial charge is 0.243 e. The van der Waals surface area contributed by atoms with Gasteiger partial charge in [0.15, 0.2) is 0 Å². The highest BCUT2D eigenvalue weighted by molar-refractivity contribution is 7.89. The molecule has 6 nitrogen and oxygen atoms in total. The number of sulfonamides is 1. The van der Waals surface area contributed by atoms with E-state index < -0.39 is 16.1 Å². The summed E-state index contributed by atoms with van der Waals surface area (Å²) in [7, 11) is -3.53. The largest absolute Gasteiger partial charge is 0.390 e. The van der Waals surface area contributed by atoms with Gasteiger partial charge in [-0.2, -0.15) is 4.31 Å². The fraction of sp³-hybridized carbons (Fsp3) is 0.700. The molecule has 0 amide bonds. The molecule has 1 N–H and O–H groups in total. The maximum Gasteiger partial charge on any atom is 0.243 e. The number of piperazine rings is 1. The third-order valence-electron chi connectivity index (χ3n) is 6.47. The van der Waals surface area contributed by atoms with Crippen molar-refractivity contribution in [2.24, 2.45) is 5.92 Å². The van der Waals surface area contributed by atoms with Crippen LogP contribution in [-0.4, -0.2) is 85.6 Å². The zero-order valence-corrected chi connectivity index (χ0v) is 16.7. The van der Waals surface area contributed by atoms with E-state index >= 15 is 0 Å². The maximum absolute atomic E-state index is 12.8. The molecule has 2 heterocycles. The number of hydrogen-bond acceptors (Lipinski definition) is 5. The fourth-order valence-electron chi connectivity index (χ4n) is 4.87. The van der Waals surface area contributed by atoms with Crippen molar-refractivity contribution < 1.29 is 13.5 Å². The molecule has 2 saturated heterocycles. The van der Waals surface area contributed by atoms with E-state index in [1.54, 1.807) is 24.3 Å². The van der Waals surface area contributed by atoms with Crippen molar-refractivity contribution in [1.29, 1.82) is 0 Å². The van der Waals surface area contributed by atoms with Gasteiger partial charge in [-0.25, -0.2) is 8.42 Å². The number of rotatable bonds is 5. The van der Waals surface area contributed by atoms with E-state index in [1.807, 2.05) is 6.07 Å². The SMILES string of the molecule is O=S(=O)(c1ccccc1)N1C[C@H](O)[C@@H](N2CCN(CC3CCCC3)CC2)C1. The molecule has 1 aromatic carbocycles. The molecule has 1 aliphatic carbocycles. The Morgan fingerprint density at radius 2 is 1.63 bits per heavy atom. The Balaban J connectivity index is 1.34. The summed E-state index contributed by atoms with van der Waals surface area (Å²) in [5, 5.41) is 10.6. The number of aliphatic hydroxyl groups excluding tert-OH is 1. The Morgan fingerprint density at radius 1 is 0.963 bits per heavy atom. The van der Waals surface area contributed by atoms with Crippen LogP contribution in [0.15, 0.2) is 35.2 Å². The molecule has 7 heteroatoms. The molecule has 3 fully saturated rings. The molecule has 0 unspecified atom stereocenters. The highest BCUT2D eigenvalue weighted by Crippen LogP contribution is 2.27. The van der Waals surface area contributed by atoms with Crippen molar-refractivity contribution in [3.8, 4) is 0 Å². The number of benzene rings is 1. The van der Waals surface area contributed by atoms with Gasteiger partial charge < -0.3 is 10.0 Å². The summed E-state index contributed by atoms with van der Waals surface area (Å²) < 4.78 is 27.1. The van der Waals surface area contributed by atoms with Gasteiger partial charge in [-0.1, -0.05) is 31.0 Å². The standard InChI is InChI=1S/C20H31N3O3S/c24-20-16-23(27(25,26)18-8-2-1-3-9-18)15-19(20)22-12-10-21(11-13-22)14-17-6-4-5-7-17/h1-3,8-9,17,19-20,24H,4-7,10-16H2/t19-,20-/m0/s1. The summed E-state index contributed by atoms with van der Waals surface area (Å²) >= 11 is 0. The van der Waals surface area contributed by atoms with Gasteiger partial charge in [-0.05, 0) is 30.9 Å². The van der Waals surface area contributed by atoms with Crippen LogP contribution >= 0.6 is 0 Å². The van der Waals surface area contributed by atoms with E-state index in [0.717, 1.165) is 32.1 Å². The lowest BCUT2D eigenvalue weighted by atomic mass is 10.1. The topological polar surface area (TPSA) is 64.1 Å². The second-order valence-electron chi connectivity index (χ2n) is 8.26. The Bertz CT molecular complexity index is 713. The highest BCUT2D eigenvalue weighted by Gasteiger charge is 2.41. The minimum absolute atomic E-state index is 0.0999. The van der Waals surface area contributed by atoms with E-state index in [0.29, 0.717) is 11.4 Å². The van der Waals surface area contributed by atoms with E-state index in [2.05, 4.69) is 9.80 Å². The Morgan fingerprint density at radius 3 is 2.30 bits per heavy atom. The third kappa shape index (κ3) is 4.22. The summed E-state index contributed by atoms with van der Waals surface area (Å²) in [6.07, 6.45) is 4.88. The first kappa shape index (κ1) is 19.3. The highest BCUT2D eigenvalue weighted by atomic mass is 32.2. The van der Waals surface area contributed by atoms with Crippen LogP contribution in [0.5, 0.6) is 0 Å². The first-order chi connectivity index (χ1) is 13.0. The van der Waals surface area contributed by atoms with E-state index in [9.17, 15) is 13.5 Å². The number of aliphatic hydroxyl groups is 1. The molecule has 150 valence electrons. The van der Waals surface area contributed by atoms with E-state index in [1.165, 1.54) is 36.5 Å². The molecule has 2 aliphatic heterocycles. The molecule has 4 rings (SSSR count). The molecule has 0 aromatic heterocycles. The zero-order chi connectivity index (χ0) is 18.9. The lowest BCUT2D eigenvalue weighted by Gasteiger charge is -2.39. The van der Waals surface area contributed by atoms with Crippen molar-refractivity contribution in [2.45, 2.75) is 42.7 Å². The fourth-order valence-corrected chi connectivity index (χ4v) is 6.36. The van der Waals surface area contributed by atoms with Crippen molar-refractivity contribution in [3.05, 3.63) is 30.3 Å². The van der Waals surface area contributed by atoms with Gasteiger partial charge in [-0.15, -0.1) is 0 Å². The number of hydrogen-bond donors (Lipinski definition) is 1. The van der Waals surface area contributed by atoms with E-state index in [-0.39, 0.29) is 12.6 Å². The monoisotopic (exact) mass is 393 g/mol. The molecule has 1 aromatic rings. The predicted octanol–water partition coefficient (Wildman–Crippen LogP) is 1.23. The second kappa shape index (κ2) is 8.17. The minimum Gasteiger partial charge on any atom is -0.390 e. The van der Waals surface area contributed by atoms with Gasteiger partial charge in [0.05, 0.1) is 17.0 Å². The van der Waals surface area contributed by atoms with Crippen molar-refractivity contribution in [3.63, 3.8) is 0 Å². The molecule has 3 aliphatic rings. The van der Waals surface area contributed by atoms with E-state index in [4.69, 9.17) is 0 Å². The summed E-state index contributed by atoms with van der Waals surface area (Å²) in [6, 6.07) is 8.43. The lowest BCUT2D eigenvalue weighted by molar-refractivity contribution is 0.0404. The lowest BCUT2D eigenvalue weighted by Crippen LogP contribution is -2.54. The molecular weight excluding hydrogens is 362 g/mol. The van der Waals surface area contributed by atoms with Crippen LogP contribution in [0.2, 0.25) is 0 Å². The molecule has 1 saturated carbocycles. The number of β-amino-alcohol motifs (C(OH)–C–C–N with tert-alkyl or cyclic N) is 1. The van der Waals surface area contributed by atoms with Crippen LogP contribution in [0.1, 0.15) is 25.7 Å². The second-order valence-corrected chi connectivity index (χ2v) is 10.2. The van der Waals surface area contributed by atoms with Gasteiger partial charge in [0.2, 0.25) is 10.0 Å². The van der Waals surface area contributed by atoms with Crippen LogP contribution in [0.4, 0.5) is 0 Å². The number of nitrogens with zero attached hydrogens (tertiary/aromatic N) is 3. The van der Waals surface area contributed by atoms with Crippen LogP contribution in [0.3, 0.4) is 0 Å². The summed E-state index contributed by atoms with van der Waals surface area (Å²) in [4.78, 5) is 5.14. The predicted molar refractivity (Wildman–Crippen MR) is 105 cm³/mol. The van der Waals surface area contributed by atoms with Crippen molar-refractivity contribution >= 4 is 10.0 Å². The Kier molecular flexibility index (Phi) is 5.85. The molecule has 0 spiro atoms. The Labute approximate surface area is 162 Å². The average molecular weight is 394 g/mol. The van der Waals surface area contributed by atoms with Gasteiger partial charge >= 0.3 is 0 Å². The first-order valence-electron chi connectivity index (χ1n) is 10.2. The molecule has 2 atom stereocenters. The van der Waals surface area contributed by atoms with Crippen molar-refractivity contribution in [2.75, 3.05) is 45.8 Å². The quantitative estimate of drug-likeness (QED) is 0.815. The Hall–Kier alpha value is -0.990. The van der Waals surface area contributed by atoms with Crippen LogP contribution in [-0.2, 0) is 10.0 Å². The molecular formula is C20H31N3O3S. The maximum atomic E-state index is 12.8. The average Bonchev–Trinajstić information content (AvgIpc) is 3.33. The van der Waals surface area contributed by atoms with Crippen LogP contribution in [0, 0.1) is 5.92 Å².